The first-order chi connectivity index (χ1) is 7.11. The lowest BCUT2D eigenvalue weighted by Gasteiger charge is -2.11. The van der Waals surface area contributed by atoms with E-state index in [1.54, 1.807) is 16.4 Å². The van der Waals surface area contributed by atoms with Gasteiger partial charge >= 0.3 is 0 Å². The van der Waals surface area contributed by atoms with E-state index in [0.29, 0.717) is 11.7 Å². The summed E-state index contributed by atoms with van der Waals surface area (Å²) in [7, 11) is 1.83. The van der Waals surface area contributed by atoms with Gasteiger partial charge in [0.2, 0.25) is 0 Å². The van der Waals surface area contributed by atoms with Crippen molar-refractivity contribution in [3.05, 3.63) is 11.9 Å². The molecule has 1 N–H and O–H groups in total. The van der Waals surface area contributed by atoms with Gasteiger partial charge in [-0.1, -0.05) is 19.1 Å². The van der Waals surface area contributed by atoms with Crippen LogP contribution in [-0.2, 0) is 13.5 Å². The Labute approximate surface area is 95.1 Å². The van der Waals surface area contributed by atoms with Gasteiger partial charge in [0.25, 0.3) is 0 Å². The van der Waals surface area contributed by atoms with Crippen molar-refractivity contribution >= 4 is 11.8 Å². The Morgan fingerprint density at radius 1 is 1.60 bits per heavy atom. The fraction of sp³-hybridized carbons (Fsp3) is 0.800. The molecule has 0 aliphatic rings. The lowest BCUT2D eigenvalue weighted by molar-refractivity contribution is 0.198. The lowest BCUT2D eigenvalue weighted by Crippen LogP contribution is -2.15. The predicted octanol–water partition coefficient (Wildman–Crippen LogP) is 1.25. The van der Waals surface area contributed by atoms with Gasteiger partial charge < -0.3 is 5.11 Å². The highest BCUT2D eigenvalue weighted by molar-refractivity contribution is 7.99. The number of aliphatic hydroxyl groups excluding tert-OH is 1. The van der Waals surface area contributed by atoms with Crippen molar-refractivity contribution in [3.63, 3.8) is 0 Å². The second kappa shape index (κ2) is 6.12. The smallest absolute Gasteiger partial charge is 0.0853 e. The Kier molecular flexibility index (Phi) is 5.11. The minimum Gasteiger partial charge on any atom is -0.392 e. The Balaban J connectivity index is 2.27. The van der Waals surface area contributed by atoms with Gasteiger partial charge in [0.05, 0.1) is 11.8 Å². The molecule has 0 spiro atoms. The van der Waals surface area contributed by atoms with Crippen molar-refractivity contribution in [2.45, 2.75) is 38.0 Å². The van der Waals surface area contributed by atoms with Crippen LogP contribution < -0.4 is 0 Å². The summed E-state index contributed by atoms with van der Waals surface area (Å²) in [5.74, 6) is 0.769. The van der Waals surface area contributed by atoms with Crippen LogP contribution in [0.15, 0.2) is 6.20 Å². The van der Waals surface area contributed by atoms with Gasteiger partial charge in [-0.2, -0.15) is 11.8 Å². The molecule has 0 aliphatic carbocycles. The number of aliphatic hydroxyl groups is 1. The Bertz CT molecular complexity index is 290. The van der Waals surface area contributed by atoms with Gasteiger partial charge in [-0.25, -0.2) is 0 Å². The van der Waals surface area contributed by atoms with E-state index in [2.05, 4.69) is 24.2 Å². The average molecular weight is 229 g/mol. The van der Waals surface area contributed by atoms with Crippen molar-refractivity contribution in [1.82, 2.24) is 15.0 Å². The minimum absolute atomic E-state index is 0.319. The van der Waals surface area contributed by atoms with Crippen LogP contribution in [0.1, 0.15) is 26.0 Å². The maximum atomic E-state index is 9.76. The Morgan fingerprint density at radius 2 is 2.33 bits per heavy atom. The van der Waals surface area contributed by atoms with Gasteiger partial charge in [0.1, 0.15) is 0 Å². The topological polar surface area (TPSA) is 50.9 Å². The zero-order valence-corrected chi connectivity index (χ0v) is 10.4. The summed E-state index contributed by atoms with van der Waals surface area (Å²) in [5, 5.41) is 18.1. The molecule has 2 atom stereocenters. The van der Waals surface area contributed by atoms with Crippen LogP contribution in [0, 0.1) is 0 Å². The van der Waals surface area contributed by atoms with Crippen molar-refractivity contribution in [2.24, 2.45) is 7.05 Å². The second-order valence-electron chi connectivity index (χ2n) is 3.79. The van der Waals surface area contributed by atoms with Crippen LogP contribution in [0.5, 0.6) is 0 Å². The maximum absolute atomic E-state index is 9.76. The normalized spacial score (nSPS) is 15.2. The van der Waals surface area contributed by atoms with Gasteiger partial charge in [-0.15, -0.1) is 5.10 Å². The van der Waals surface area contributed by atoms with E-state index in [4.69, 9.17) is 0 Å². The highest BCUT2D eigenvalue weighted by Crippen LogP contribution is 2.15. The summed E-state index contributed by atoms with van der Waals surface area (Å²) in [6.45, 7) is 4.34. The van der Waals surface area contributed by atoms with Crippen molar-refractivity contribution in [2.75, 3.05) is 5.75 Å². The third kappa shape index (κ3) is 4.66. The van der Waals surface area contributed by atoms with Crippen molar-refractivity contribution in [1.29, 1.82) is 0 Å². The molecule has 1 aromatic heterocycles. The quantitative estimate of drug-likeness (QED) is 0.797. The van der Waals surface area contributed by atoms with E-state index in [1.807, 2.05) is 13.2 Å². The summed E-state index contributed by atoms with van der Waals surface area (Å²) >= 11 is 1.81. The average Bonchev–Trinajstić information content (AvgIpc) is 2.60. The van der Waals surface area contributed by atoms with Gasteiger partial charge in [0, 0.05) is 30.7 Å². The SMILES string of the molecule is CCC(C)SCC(O)Cc1cn(C)nn1. The number of rotatable bonds is 6. The molecule has 5 heteroatoms. The molecule has 1 aromatic rings. The molecule has 86 valence electrons. The van der Waals surface area contributed by atoms with Crippen LogP contribution >= 0.6 is 11.8 Å². The number of hydrogen-bond donors (Lipinski definition) is 1. The van der Waals surface area contributed by atoms with Crippen molar-refractivity contribution < 1.29 is 5.11 Å². The largest absolute Gasteiger partial charge is 0.392 e. The molecule has 4 nitrogen and oxygen atoms in total. The molecule has 2 unspecified atom stereocenters. The highest BCUT2D eigenvalue weighted by atomic mass is 32.2. The molecular formula is C10H19N3OS. The van der Waals surface area contributed by atoms with Crippen LogP contribution in [0.2, 0.25) is 0 Å². The zero-order valence-electron chi connectivity index (χ0n) is 9.55. The number of thioether (sulfide) groups is 1. The van der Waals surface area contributed by atoms with Crippen molar-refractivity contribution in [3.8, 4) is 0 Å². The van der Waals surface area contributed by atoms with E-state index in [-0.39, 0.29) is 6.10 Å². The molecule has 0 saturated carbocycles. The molecule has 0 bridgehead atoms. The maximum Gasteiger partial charge on any atom is 0.0853 e. The van der Waals surface area contributed by atoms with E-state index >= 15 is 0 Å². The van der Waals surface area contributed by atoms with Gasteiger partial charge in [-0.05, 0) is 6.42 Å². The van der Waals surface area contributed by atoms with Crippen LogP contribution in [0.3, 0.4) is 0 Å². The molecule has 0 radical (unpaired) electrons. The second-order valence-corrected chi connectivity index (χ2v) is 5.27. The first-order valence-corrected chi connectivity index (χ1v) is 6.31. The molecule has 1 heterocycles. The molecule has 1 rings (SSSR count). The summed E-state index contributed by atoms with van der Waals surface area (Å²) in [5.41, 5.74) is 0.856. The van der Waals surface area contributed by atoms with Crippen LogP contribution in [-0.4, -0.2) is 37.2 Å². The summed E-state index contributed by atoms with van der Waals surface area (Å²) in [6.07, 6.45) is 3.26. The van der Waals surface area contributed by atoms with E-state index in [0.717, 1.165) is 17.9 Å². The molecule has 0 fully saturated rings. The molecule has 0 aromatic carbocycles. The van der Waals surface area contributed by atoms with Crippen LogP contribution in [0.4, 0.5) is 0 Å². The van der Waals surface area contributed by atoms with Gasteiger partial charge in [-0.3, -0.25) is 4.68 Å². The molecular weight excluding hydrogens is 210 g/mol. The fourth-order valence-electron chi connectivity index (χ4n) is 1.18. The number of hydrogen-bond acceptors (Lipinski definition) is 4. The molecule has 15 heavy (non-hydrogen) atoms. The molecule has 0 saturated heterocycles. The first-order valence-electron chi connectivity index (χ1n) is 5.26. The standard InChI is InChI=1S/C10H19N3OS/c1-4-8(2)15-7-10(14)5-9-6-13(3)12-11-9/h6,8,10,14H,4-5,7H2,1-3H3. The van der Waals surface area contributed by atoms with E-state index < -0.39 is 0 Å². The Morgan fingerprint density at radius 3 is 2.87 bits per heavy atom. The Hall–Kier alpha value is -0.550. The lowest BCUT2D eigenvalue weighted by atomic mass is 10.2. The van der Waals surface area contributed by atoms with Crippen LogP contribution in [0.25, 0.3) is 0 Å². The van der Waals surface area contributed by atoms with Gasteiger partial charge in [0.15, 0.2) is 0 Å². The number of aryl methyl sites for hydroxylation is 1. The third-order valence-electron chi connectivity index (χ3n) is 2.24. The molecule has 0 amide bonds. The predicted molar refractivity (Wildman–Crippen MR) is 62.9 cm³/mol. The number of nitrogens with zero attached hydrogens (tertiary/aromatic N) is 3. The third-order valence-corrected chi connectivity index (χ3v) is 3.72. The first kappa shape index (κ1) is 12.5. The zero-order chi connectivity index (χ0) is 11.3. The summed E-state index contributed by atoms with van der Waals surface area (Å²) in [4.78, 5) is 0. The highest BCUT2D eigenvalue weighted by Gasteiger charge is 2.10. The molecule has 0 aliphatic heterocycles. The van der Waals surface area contributed by atoms with E-state index in [1.165, 1.54) is 0 Å². The fourth-order valence-corrected chi connectivity index (χ4v) is 2.09. The minimum atomic E-state index is -0.319. The number of aromatic nitrogens is 3. The summed E-state index contributed by atoms with van der Waals surface area (Å²) in [6, 6.07) is 0. The monoisotopic (exact) mass is 229 g/mol. The summed E-state index contributed by atoms with van der Waals surface area (Å²) < 4.78 is 1.66. The van der Waals surface area contributed by atoms with E-state index in [9.17, 15) is 5.11 Å².